The Hall–Kier alpha value is -2.28. The fourth-order valence-corrected chi connectivity index (χ4v) is 2.05. The molecule has 18 heavy (non-hydrogen) atoms. The molecule has 2 aromatic heterocycles. The standard InChI is InChI=1S/C11H10N4O2S/c1-7(17)14-11-15-10(5-18-11)9-3-2-8(4-12-9)13-6-16/h2-6H,1H3,(H,13,16)(H,14,15,17). The van der Waals surface area contributed by atoms with Gasteiger partial charge in [-0.2, -0.15) is 0 Å². The third-order valence-electron chi connectivity index (χ3n) is 2.04. The Balaban J connectivity index is 2.17. The van der Waals surface area contributed by atoms with E-state index in [-0.39, 0.29) is 5.91 Å². The van der Waals surface area contributed by atoms with Gasteiger partial charge in [-0.3, -0.25) is 14.6 Å². The van der Waals surface area contributed by atoms with Gasteiger partial charge in [0.1, 0.15) is 5.69 Å². The molecule has 0 atom stereocenters. The summed E-state index contributed by atoms with van der Waals surface area (Å²) in [4.78, 5) is 29.5. The van der Waals surface area contributed by atoms with Crippen LogP contribution in [0.3, 0.4) is 0 Å². The number of amides is 2. The van der Waals surface area contributed by atoms with Crippen LogP contribution in [0.2, 0.25) is 0 Å². The highest BCUT2D eigenvalue weighted by atomic mass is 32.1. The number of pyridine rings is 1. The molecular formula is C11H10N4O2S. The monoisotopic (exact) mass is 262 g/mol. The van der Waals surface area contributed by atoms with Crippen LogP contribution in [-0.2, 0) is 9.59 Å². The minimum atomic E-state index is -0.158. The van der Waals surface area contributed by atoms with Gasteiger partial charge >= 0.3 is 0 Å². The normalized spacial score (nSPS) is 9.83. The molecule has 0 saturated carbocycles. The SMILES string of the molecule is CC(=O)Nc1nc(-c2ccc(NC=O)cn2)cs1. The number of thiazole rings is 1. The molecular weight excluding hydrogens is 252 g/mol. The highest BCUT2D eigenvalue weighted by molar-refractivity contribution is 7.14. The fraction of sp³-hybridized carbons (Fsp3) is 0.0909. The van der Waals surface area contributed by atoms with E-state index in [1.165, 1.54) is 18.3 Å². The van der Waals surface area contributed by atoms with E-state index in [0.29, 0.717) is 28.6 Å². The first-order valence-corrected chi connectivity index (χ1v) is 5.97. The van der Waals surface area contributed by atoms with E-state index in [1.54, 1.807) is 23.7 Å². The molecule has 92 valence electrons. The first-order valence-electron chi connectivity index (χ1n) is 5.09. The van der Waals surface area contributed by atoms with Gasteiger partial charge in [0.25, 0.3) is 0 Å². The first kappa shape index (κ1) is 12.2. The van der Waals surface area contributed by atoms with Gasteiger partial charge in [-0.05, 0) is 12.1 Å². The maximum atomic E-state index is 10.9. The number of hydrogen-bond acceptors (Lipinski definition) is 5. The predicted octanol–water partition coefficient (Wildman–Crippen LogP) is 1.73. The lowest BCUT2D eigenvalue weighted by molar-refractivity contribution is -0.114. The van der Waals surface area contributed by atoms with Gasteiger partial charge in [0.05, 0.1) is 17.6 Å². The van der Waals surface area contributed by atoms with E-state index in [9.17, 15) is 9.59 Å². The van der Waals surface area contributed by atoms with Gasteiger partial charge in [0.15, 0.2) is 5.13 Å². The molecule has 0 saturated heterocycles. The number of rotatable bonds is 4. The summed E-state index contributed by atoms with van der Waals surface area (Å²) in [6.45, 7) is 1.43. The van der Waals surface area contributed by atoms with Crippen molar-refractivity contribution in [1.29, 1.82) is 0 Å². The highest BCUT2D eigenvalue weighted by Gasteiger charge is 2.06. The summed E-state index contributed by atoms with van der Waals surface area (Å²) in [6, 6.07) is 3.48. The van der Waals surface area contributed by atoms with Crippen LogP contribution in [0.15, 0.2) is 23.7 Å². The second kappa shape index (κ2) is 5.37. The number of hydrogen-bond donors (Lipinski definition) is 2. The van der Waals surface area contributed by atoms with Gasteiger partial charge in [-0.1, -0.05) is 0 Å². The fourth-order valence-electron chi connectivity index (χ4n) is 1.30. The molecule has 2 amide bonds. The number of aromatic nitrogens is 2. The lowest BCUT2D eigenvalue weighted by Gasteiger charge is -1.99. The van der Waals surface area contributed by atoms with Crippen molar-refractivity contribution >= 4 is 34.5 Å². The first-order chi connectivity index (χ1) is 8.69. The van der Waals surface area contributed by atoms with E-state index in [2.05, 4.69) is 20.6 Å². The molecule has 0 bridgehead atoms. The highest BCUT2D eigenvalue weighted by Crippen LogP contribution is 2.23. The van der Waals surface area contributed by atoms with Crippen molar-refractivity contribution in [2.75, 3.05) is 10.6 Å². The Labute approximate surface area is 107 Å². The van der Waals surface area contributed by atoms with Crippen molar-refractivity contribution in [3.8, 4) is 11.4 Å². The summed E-state index contributed by atoms with van der Waals surface area (Å²) in [7, 11) is 0. The van der Waals surface area contributed by atoms with E-state index in [4.69, 9.17) is 0 Å². The minimum Gasteiger partial charge on any atom is -0.327 e. The Morgan fingerprint density at radius 2 is 2.22 bits per heavy atom. The zero-order valence-corrected chi connectivity index (χ0v) is 10.3. The predicted molar refractivity (Wildman–Crippen MR) is 69.3 cm³/mol. The zero-order chi connectivity index (χ0) is 13.0. The van der Waals surface area contributed by atoms with Crippen molar-refractivity contribution < 1.29 is 9.59 Å². The summed E-state index contributed by atoms with van der Waals surface area (Å²) in [6.07, 6.45) is 2.13. The van der Waals surface area contributed by atoms with Gasteiger partial charge in [-0.15, -0.1) is 11.3 Å². The van der Waals surface area contributed by atoms with E-state index in [0.717, 1.165) is 0 Å². The molecule has 0 aromatic carbocycles. The van der Waals surface area contributed by atoms with Crippen LogP contribution in [-0.4, -0.2) is 22.3 Å². The zero-order valence-electron chi connectivity index (χ0n) is 9.51. The molecule has 2 N–H and O–H groups in total. The number of nitrogens with zero attached hydrogens (tertiary/aromatic N) is 2. The summed E-state index contributed by atoms with van der Waals surface area (Å²) < 4.78 is 0. The van der Waals surface area contributed by atoms with Crippen molar-refractivity contribution in [2.45, 2.75) is 6.92 Å². The maximum absolute atomic E-state index is 10.9. The maximum Gasteiger partial charge on any atom is 0.223 e. The molecule has 0 aliphatic heterocycles. The quantitative estimate of drug-likeness (QED) is 0.822. The van der Waals surface area contributed by atoms with Crippen LogP contribution in [0.5, 0.6) is 0 Å². The molecule has 0 radical (unpaired) electrons. The van der Waals surface area contributed by atoms with Crippen molar-refractivity contribution in [2.24, 2.45) is 0 Å². The van der Waals surface area contributed by atoms with Crippen LogP contribution in [0.4, 0.5) is 10.8 Å². The summed E-state index contributed by atoms with van der Waals surface area (Å²) >= 11 is 1.33. The molecule has 0 aliphatic rings. The Morgan fingerprint density at radius 1 is 1.39 bits per heavy atom. The molecule has 7 heteroatoms. The van der Waals surface area contributed by atoms with Gasteiger partial charge < -0.3 is 10.6 Å². The average molecular weight is 262 g/mol. The van der Waals surface area contributed by atoms with Crippen LogP contribution in [0.1, 0.15) is 6.92 Å². The van der Waals surface area contributed by atoms with Crippen LogP contribution in [0, 0.1) is 0 Å². The topological polar surface area (TPSA) is 84.0 Å². The molecule has 2 heterocycles. The van der Waals surface area contributed by atoms with Gasteiger partial charge in [-0.25, -0.2) is 4.98 Å². The minimum absolute atomic E-state index is 0.158. The molecule has 2 aromatic rings. The lowest BCUT2D eigenvalue weighted by atomic mass is 10.3. The number of nitrogens with one attached hydrogen (secondary N) is 2. The molecule has 0 fully saturated rings. The third-order valence-corrected chi connectivity index (χ3v) is 2.80. The van der Waals surface area contributed by atoms with Crippen molar-refractivity contribution in [1.82, 2.24) is 9.97 Å². The summed E-state index contributed by atoms with van der Waals surface area (Å²) in [5.41, 5.74) is 1.98. The Morgan fingerprint density at radius 3 is 2.83 bits per heavy atom. The summed E-state index contributed by atoms with van der Waals surface area (Å²) in [5, 5.41) is 7.45. The third kappa shape index (κ3) is 2.89. The second-order valence-corrected chi connectivity index (χ2v) is 4.27. The van der Waals surface area contributed by atoms with Crippen molar-refractivity contribution in [3.63, 3.8) is 0 Å². The molecule has 0 unspecified atom stereocenters. The smallest absolute Gasteiger partial charge is 0.223 e. The van der Waals surface area contributed by atoms with E-state index < -0.39 is 0 Å². The molecule has 6 nitrogen and oxygen atoms in total. The van der Waals surface area contributed by atoms with Gasteiger partial charge in [0.2, 0.25) is 12.3 Å². The number of carbonyl (C=O) groups excluding carboxylic acids is 2. The second-order valence-electron chi connectivity index (χ2n) is 3.41. The largest absolute Gasteiger partial charge is 0.327 e. The average Bonchev–Trinajstić information content (AvgIpc) is 2.78. The van der Waals surface area contributed by atoms with Crippen LogP contribution >= 0.6 is 11.3 Å². The number of carbonyl (C=O) groups is 2. The molecule has 2 rings (SSSR count). The number of anilines is 2. The van der Waals surface area contributed by atoms with Gasteiger partial charge in [0, 0.05) is 12.3 Å². The van der Waals surface area contributed by atoms with E-state index in [1.807, 2.05) is 0 Å². The lowest BCUT2D eigenvalue weighted by Crippen LogP contribution is -2.05. The molecule has 0 aliphatic carbocycles. The van der Waals surface area contributed by atoms with Crippen LogP contribution < -0.4 is 10.6 Å². The van der Waals surface area contributed by atoms with E-state index >= 15 is 0 Å². The summed E-state index contributed by atoms with van der Waals surface area (Å²) in [5.74, 6) is -0.158. The van der Waals surface area contributed by atoms with Crippen molar-refractivity contribution in [3.05, 3.63) is 23.7 Å². The Bertz CT molecular complexity index is 565. The Kier molecular flexibility index (Phi) is 3.63. The molecule has 0 spiro atoms. The van der Waals surface area contributed by atoms with Crippen LogP contribution in [0.25, 0.3) is 11.4 Å².